The van der Waals surface area contributed by atoms with Gasteiger partial charge < -0.3 is 15.2 Å². The summed E-state index contributed by atoms with van der Waals surface area (Å²) in [6, 6.07) is 5.06. The van der Waals surface area contributed by atoms with E-state index in [1.807, 2.05) is 12.3 Å². The van der Waals surface area contributed by atoms with E-state index in [-0.39, 0.29) is 12.1 Å². The lowest BCUT2D eigenvalue weighted by Gasteiger charge is -2.27. The van der Waals surface area contributed by atoms with Crippen molar-refractivity contribution in [3.63, 3.8) is 0 Å². The average molecular weight is 287 g/mol. The van der Waals surface area contributed by atoms with E-state index in [1.54, 1.807) is 0 Å². The molecule has 114 valence electrons. The summed E-state index contributed by atoms with van der Waals surface area (Å²) in [7, 11) is 0. The van der Waals surface area contributed by atoms with Crippen LogP contribution in [0.1, 0.15) is 56.7 Å². The molecule has 0 aromatic carbocycles. The quantitative estimate of drug-likeness (QED) is 0.878. The van der Waals surface area contributed by atoms with E-state index < -0.39 is 0 Å². The molecule has 4 atom stereocenters. The van der Waals surface area contributed by atoms with E-state index in [1.165, 1.54) is 31.4 Å². The lowest BCUT2D eigenvalue weighted by Crippen LogP contribution is -2.45. The minimum absolute atomic E-state index is 0.0636. The topological polar surface area (TPSA) is 48.1 Å². The molecule has 2 aliphatic heterocycles. The van der Waals surface area contributed by atoms with E-state index in [4.69, 9.17) is 0 Å². The van der Waals surface area contributed by atoms with Crippen molar-refractivity contribution in [3.8, 4) is 0 Å². The Bertz CT molecular complexity index is 484. The maximum atomic E-state index is 12.9. The molecule has 1 aromatic heterocycles. The molecule has 1 aromatic rings. The Hall–Kier alpha value is -1.29. The van der Waals surface area contributed by atoms with E-state index >= 15 is 0 Å². The summed E-state index contributed by atoms with van der Waals surface area (Å²) in [5.41, 5.74) is 1.19. The van der Waals surface area contributed by atoms with Gasteiger partial charge in [-0.1, -0.05) is 12.8 Å². The zero-order valence-corrected chi connectivity index (χ0v) is 12.6. The Labute approximate surface area is 126 Å². The van der Waals surface area contributed by atoms with Gasteiger partial charge in [0.2, 0.25) is 5.91 Å². The number of amides is 1. The van der Waals surface area contributed by atoms with Gasteiger partial charge in [0.1, 0.15) is 0 Å². The number of carbonyl (C=O) groups is 1. The Morgan fingerprint density at radius 1 is 1.19 bits per heavy atom. The first-order valence-electron chi connectivity index (χ1n) is 8.53. The SMILES string of the molecule is O=C(C1CC2CCCCC2N1)N1CCCC1c1ccc[nH]1. The van der Waals surface area contributed by atoms with Crippen molar-refractivity contribution in [3.05, 3.63) is 24.0 Å². The van der Waals surface area contributed by atoms with Gasteiger partial charge in [0.05, 0.1) is 12.1 Å². The number of carbonyl (C=O) groups excluding carboxylic acids is 1. The molecule has 1 aliphatic carbocycles. The summed E-state index contributed by atoms with van der Waals surface area (Å²) >= 11 is 0. The highest BCUT2D eigenvalue weighted by atomic mass is 16.2. The third-order valence-electron chi connectivity index (χ3n) is 5.68. The number of likely N-dealkylation sites (tertiary alicyclic amines) is 1. The second-order valence-electron chi connectivity index (χ2n) is 6.92. The predicted octanol–water partition coefficient (Wildman–Crippen LogP) is 2.60. The van der Waals surface area contributed by atoms with Gasteiger partial charge in [-0.05, 0) is 50.2 Å². The Kier molecular flexibility index (Phi) is 3.49. The minimum atomic E-state index is 0.0636. The van der Waals surface area contributed by atoms with Crippen LogP contribution >= 0.6 is 0 Å². The number of aromatic amines is 1. The average Bonchev–Trinajstić information content (AvgIpc) is 3.23. The fourth-order valence-corrected chi connectivity index (χ4v) is 4.62. The molecule has 4 unspecified atom stereocenters. The first-order chi connectivity index (χ1) is 10.3. The lowest BCUT2D eigenvalue weighted by atomic mass is 9.85. The molecule has 0 bridgehead atoms. The summed E-state index contributed by atoms with van der Waals surface area (Å²) in [6.45, 7) is 0.913. The number of rotatable bonds is 2. The number of nitrogens with one attached hydrogen (secondary N) is 2. The van der Waals surface area contributed by atoms with Gasteiger partial charge in [-0.2, -0.15) is 0 Å². The first-order valence-corrected chi connectivity index (χ1v) is 8.53. The van der Waals surface area contributed by atoms with Gasteiger partial charge in [-0.25, -0.2) is 0 Å². The van der Waals surface area contributed by atoms with Crippen LogP contribution in [0.3, 0.4) is 0 Å². The molecule has 1 saturated carbocycles. The van der Waals surface area contributed by atoms with Gasteiger partial charge in [0, 0.05) is 24.5 Å². The molecule has 2 N–H and O–H groups in total. The first kappa shape index (κ1) is 13.4. The van der Waals surface area contributed by atoms with Crippen molar-refractivity contribution < 1.29 is 4.79 Å². The third-order valence-corrected chi connectivity index (χ3v) is 5.68. The molecular weight excluding hydrogens is 262 g/mol. The zero-order chi connectivity index (χ0) is 14.2. The van der Waals surface area contributed by atoms with Crippen molar-refractivity contribution in [1.82, 2.24) is 15.2 Å². The molecule has 3 aliphatic rings. The Morgan fingerprint density at radius 3 is 2.90 bits per heavy atom. The van der Waals surface area contributed by atoms with Crippen LogP contribution in [0.4, 0.5) is 0 Å². The van der Waals surface area contributed by atoms with Crippen LogP contribution in [0.15, 0.2) is 18.3 Å². The van der Waals surface area contributed by atoms with Crippen molar-refractivity contribution in [2.75, 3.05) is 6.54 Å². The smallest absolute Gasteiger partial charge is 0.240 e. The summed E-state index contributed by atoms with van der Waals surface area (Å²) in [4.78, 5) is 18.3. The van der Waals surface area contributed by atoms with Crippen molar-refractivity contribution >= 4 is 5.91 Å². The van der Waals surface area contributed by atoms with Crippen LogP contribution in [0.5, 0.6) is 0 Å². The van der Waals surface area contributed by atoms with Crippen LogP contribution in [0.2, 0.25) is 0 Å². The molecule has 21 heavy (non-hydrogen) atoms. The molecule has 4 rings (SSSR count). The molecular formula is C17H25N3O. The predicted molar refractivity (Wildman–Crippen MR) is 81.8 cm³/mol. The molecule has 2 saturated heterocycles. The van der Waals surface area contributed by atoms with Gasteiger partial charge in [-0.15, -0.1) is 0 Å². The number of hydrogen-bond donors (Lipinski definition) is 2. The van der Waals surface area contributed by atoms with Gasteiger partial charge in [0.15, 0.2) is 0 Å². The highest BCUT2D eigenvalue weighted by Gasteiger charge is 2.42. The van der Waals surface area contributed by atoms with Crippen LogP contribution in [-0.2, 0) is 4.79 Å². The number of nitrogens with zero attached hydrogens (tertiary/aromatic N) is 1. The summed E-state index contributed by atoms with van der Waals surface area (Å²) in [6.07, 6.45) is 10.5. The van der Waals surface area contributed by atoms with Crippen molar-refractivity contribution in [2.45, 2.75) is 63.1 Å². The zero-order valence-electron chi connectivity index (χ0n) is 12.6. The second kappa shape index (κ2) is 5.48. The number of aromatic nitrogens is 1. The van der Waals surface area contributed by atoms with Gasteiger partial charge >= 0.3 is 0 Å². The number of hydrogen-bond acceptors (Lipinski definition) is 2. The Morgan fingerprint density at radius 2 is 2.10 bits per heavy atom. The van der Waals surface area contributed by atoms with Crippen LogP contribution in [0, 0.1) is 5.92 Å². The fourth-order valence-electron chi connectivity index (χ4n) is 4.62. The normalized spacial score (nSPS) is 35.9. The monoisotopic (exact) mass is 287 g/mol. The van der Waals surface area contributed by atoms with Crippen LogP contribution in [-0.4, -0.2) is 34.4 Å². The molecule has 1 amide bonds. The number of H-pyrrole nitrogens is 1. The van der Waals surface area contributed by atoms with E-state index in [2.05, 4.69) is 21.3 Å². The minimum Gasteiger partial charge on any atom is -0.363 e. The van der Waals surface area contributed by atoms with Crippen LogP contribution < -0.4 is 5.32 Å². The van der Waals surface area contributed by atoms with E-state index in [0.29, 0.717) is 11.9 Å². The molecule has 0 radical (unpaired) electrons. The van der Waals surface area contributed by atoms with E-state index in [9.17, 15) is 4.79 Å². The highest BCUT2D eigenvalue weighted by Crippen LogP contribution is 2.36. The largest absolute Gasteiger partial charge is 0.363 e. The molecule has 4 heteroatoms. The van der Waals surface area contributed by atoms with Crippen molar-refractivity contribution in [1.29, 1.82) is 0 Å². The summed E-state index contributed by atoms with van der Waals surface area (Å²) < 4.78 is 0. The fraction of sp³-hybridized carbons (Fsp3) is 0.706. The molecule has 0 spiro atoms. The molecule has 3 heterocycles. The summed E-state index contributed by atoms with van der Waals surface area (Å²) in [5, 5.41) is 3.63. The van der Waals surface area contributed by atoms with Gasteiger partial charge in [-0.3, -0.25) is 4.79 Å². The van der Waals surface area contributed by atoms with Gasteiger partial charge in [0.25, 0.3) is 0 Å². The molecule has 3 fully saturated rings. The lowest BCUT2D eigenvalue weighted by molar-refractivity contribution is -0.134. The van der Waals surface area contributed by atoms with Crippen molar-refractivity contribution in [2.24, 2.45) is 5.92 Å². The van der Waals surface area contributed by atoms with E-state index in [0.717, 1.165) is 31.7 Å². The molecule has 4 nitrogen and oxygen atoms in total. The maximum Gasteiger partial charge on any atom is 0.240 e. The second-order valence-corrected chi connectivity index (χ2v) is 6.92. The third kappa shape index (κ3) is 2.39. The highest BCUT2D eigenvalue weighted by molar-refractivity contribution is 5.83. The Balaban J connectivity index is 1.47. The summed E-state index contributed by atoms with van der Waals surface area (Å²) in [5.74, 6) is 1.07. The van der Waals surface area contributed by atoms with Crippen LogP contribution in [0.25, 0.3) is 0 Å². The maximum absolute atomic E-state index is 12.9. The standard InChI is InChI=1S/C17H25N3O/c21-17(15-11-12-5-1-2-6-13(12)19-15)20-10-4-8-16(20)14-7-3-9-18-14/h3,7,9,12-13,15-16,18-19H,1-2,4-6,8,10-11H2. The number of fused-ring (bicyclic) bond motifs is 1.